The number of anilines is 1. The van der Waals surface area contributed by atoms with Crippen LogP contribution in [0.15, 0.2) is 18.2 Å². The Kier molecular flexibility index (Phi) is 3.31. The SMILES string of the molecule is CCCNC(=O)c1[c]cccc1N. The van der Waals surface area contributed by atoms with Gasteiger partial charge in [-0.2, -0.15) is 0 Å². The Labute approximate surface area is 77.9 Å². The summed E-state index contributed by atoms with van der Waals surface area (Å²) in [6, 6.07) is 7.93. The maximum Gasteiger partial charge on any atom is 0.254 e. The minimum absolute atomic E-state index is 0.153. The first-order valence-corrected chi connectivity index (χ1v) is 4.30. The molecule has 1 rings (SSSR count). The van der Waals surface area contributed by atoms with Gasteiger partial charge in [0.2, 0.25) is 0 Å². The molecular weight excluding hydrogens is 164 g/mol. The summed E-state index contributed by atoms with van der Waals surface area (Å²) in [5.74, 6) is -0.153. The zero-order valence-electron chi connectivity index (χ0n) is 7.63. The van der Waals surface area contributed by atoms with E-state index in [2.05, 4.69) is 11.4 Å². The normalized spacial score (nSPS) is 9.62. The van der Waals surface area contributed by atoms with Crippen LogP contribution in [0.5, 0.6) is 0 Å². The summed E-state index contributed by atoms with van der Waals surface area (Å²) in [5, 5.41) is 2.74. The van der Waals surface area contributed by atoms with E-state index in [1.807, 2.05) is 6.92 Å². The molecule has 3 N–H and O–H groups in total. The molecule has 0 saturated heterocycles. The topological polar surface area (TPSA) is 55.1 Å². The number of rotatable bonds is 3. The van der Waals surface area contributed by atoms with Crippen LogP contribution >= 0.6 is 0 Å². The third-order valence-corrected chi connectivity index (χ3v) is 1.65. The van der Waals surface area contributed by atoms with E-state index in [4.69, 9.17) is 5.73 Å². The van der Waals surface area contributed by atoms with Crippen molar-refractivity contribution in [2.24, 2.45) is 0 Å². The van der Waals surface area contributed by atoms with Crippen LogP contribution in [0.25, 0.3) is 0 Å². The highest BCUT2D eigenvalue weighted by molar-refractivity contribution is 5.98. The Morgan fingerprint density at radius 2 is 2.46 bits per heavy atom. The number of carbonyl (C=O) groups excluding carboxylic acids is 1. The Balaban J connectivity index is 2.71. The number of nitrogens with two attached hydrogens (primary N) is 1. The van der Waals surface area contributed by atoms with Crippen molar-refractivity contribution in [2.45, 2.75) is 13.3 Å². The number of amides is 1. The van der Waals surface area contributed by atoms with Gasteiger partial charge in [-0.1, -0.05) is 19.1 Å². The average Bonchev–Trinajstić information content (AvgIpc) is 2.15. The Morgan fingerprint density at radius 1 is 1.69 bits per heavy atom. The molecule has 0 aliphatic rings. The molecule has 0 atom stereocenters. The van der Waals surface area contributed by atoms with Crippen molar-refractivity contribution in [1.82, 2.24) is 5.32 Å². The van der Waals surface area contributed by atoms with E-state index in [1.54, 1.807) is 18.2 Å². The third-order valence-electron chi connectivity index (χ3n) is 1.65. The molecule has 1 amide bonds. The number of benzene rings is 1. The zero-order chi connectivity index (χ0) is 9.68. The summed E-state index contributed by atoms with van der Waals surface area (Å²) in [6.07, 6.45) is 0.915. The largest absolute Gasteiger partial charge is 0.398 e. The van der Waals surface area contributed by atoms with Crippen molar-refractivity contribution in [2.75, 3.05) is 12.3 Å². The summed E-state index contributed by atoms with van der Waals surface area (Å²) in [5.41, 5.74) is 6.50. The molecule has 0 fully saturated rings. The molecule has 0 aromatic heterocycles. The van der Waals surface area contributed by atoms with E-state index >= 15 is 0 Å². The van der Waals surface area contributed by atoms with Gasteiger partial charge in [0.25, 0.3) is 5.91 Å². The van der Waals surface area contributed by atoms with Crippen molar-refractivity contribution >= 4 is 11.6 Å². The van der Waals surface area contributed by atoms with Crippen LogP contribution in [0.1, 0.15) is 23.7 Å². The lowest BCUT2D eigenvalue weighted by Gasteiger charge is -2.04. The van der Waals surface area contributed by atoms with Gasteiger partial charge in [-0.25, -0.2) is 0 Å². The van der Waals surface area contributed by atoms with E-state index < -0.39 is 0 Å². The van der Waals surface area contributed by atoms with Crippen molar-refractivity contribution in [1.29, 1.82) is 0 Å². The van der Waals surface area contributed by atoms with Crippen LogP contribution in [-0.4, -0.2) is 12.5 Å². The van der Waals surface area contributed by atoms with E-state index in [9.17, 15) is 4.79 Å². The highest BCUT2D eigenvalue weighted by Gasteiger charge is 2.06. The maximum absolute atomic E-state index is 11.4. The average molecular weight is 177 g/mol. The second kappa shape index (κ2) is 4.50. The summed E-state index contributed by atoms with van der Waals surface area (Å²) >= 11 is 0. The molecule has 0 saturated carbocycles. The molecule has 3 heteroatoms. The molecule has 1 aromatic carbocycles. The predicted octanol–water partition coefficient (Wildman–Crippen LogP) is 1.21. The van der Waals surface area contributed by atoms with Crippen molar-refractivity contribution < 1.29 is 4.79 Å². The van der Waals surface area contributed by atoms with Gasteiger partial charge in [-0.15, -0.1) is 0 Å². The first-order chi connectivity index (χ1) is 6.25. The van der Waals surface area contributed by atoms with Crippen molar-refractivity contribution in [3.05, 3.63) is 29.8 Å². The fourth-order valence-electron chi connectivity index (χ4n) is 0.973. The predicted molar refractivity (Wildman–Crippen MR) is 52.3 cm³/mol. The van der Waals surface area contributed by atoms with Gasteiger partial charge in [0, 0.05) is 12.2 Å². The molecule has 1 aromatic rings. The molecule has 0 aliphatic carbocycles. The van der Waals surface area contributed by atoms with Gasteiger partial charge in [0.15, 0.2) is 0 Å². The highest BCUT2D eigenvalue weighted by Crippen LogP contribution is 2.08. The molecule has 13 heavy (non-hydrogen) atoms. The fourth-order valence-corrected chi connectivity index (χ4v) is 0.973. The van der Waals surface area contributed by atoms with Gasteiger partial charge in [-0.3, -0.25) is 4.79 Å². The minimum Gasteiger partial charge on any atom is -0.398 e. The molecule has 0 heterocycles. The number of hydrogen-bond acceptors (Lipinski definition) is 2. The zero-order valence-corrected chi connectivity index (χ0v) is 7.63. The second-order valence-corrected chi connectivity index (χ2v) is 2.76. The first kappa shape index (κ1) is 9.58. The molecule has 0 aliphatic heterocycles. The Hall–Kier alpha value is -1.51. The van der Waals surface area contributed by atoms with Gasteiger partial charge >= 0.3 is 0 Å². The Morgan fingerprint density at radius 3 is 3.08 bits per heavy atom. The lowest BCUT2D eigenvalue weighted by molar-refractivity contribution is 0.0954. The van der Waals surface area contributed by atoms with Crippen LogP contribution < -0.4 is 11.1 Å². The van der Waals surface area contributed by atoms with Gasteiger partial charge in [0.05, 0.1) is 5.56 Å². The molecular formula is C10H13N2O. The number of hydrogen-bond donors (Lipinski definition) is 2. The summed E-state index contributed by atoms with van der Waals surface area (Å²) < 4.78 is 0. The monoisotopic (exact) mass is 177 g/mol. The van der Waals surface area contributed by atoms with E-state index in [0.29, 0.717) is 17.8 Å². The van der Waals surface area contributed by atoms with Crippen LogP contribution in [0, 0.1) is 6.07 Å². The minimum atomic E-state index is -0.153. The summed E-state index contributed by atoms with van der Waals surface area (Å²) in [4.78, 5) is 11.4. The van der Waals surface area contributed by atoms with Gasteiger partial charge < -0.3 is 11.1 Å². The fraction of sp³-hybridized carbons (Fsp3) is 0.300. The Bertz CT molecular complexity index is 297. The van der Waals surface area contributed by atoms with Crippen LogP contribution in [-0.2, 0) is 0 Å². The van der Waals surface area contributed by atoms with Gasteiger partial charge in [-0.05, 0) is 18.6 Å². The second-order valence-electron chi connectivity index (χ2n) is 2.76. The third kappa shape index (κ3) is 2.47. The standard InChI is InChI=1S/C10H13N2O/c1-2-7-12-10(13)8-5-3-4-6-9(8)11/h3-4,6H,2,7,11H2,1H3,(H,12,13). The van der Waals surface area contributed by atoms with Crippen LogP contribution in [0.4, 0.5) is 5.69 Å². The van der Waals surface area contributed by atoms with E-state index in [1.165, 1.54) is 0 Å². The van der Waals surface area contributed by atoms with Crippen LogP contribution in [0.2, 0.25) is 0 Å². The lowest BCUT2D eigenvalue weighted by Crippen LogP contribution is -2.24. The molecule has 3 nitrogen and oxygen atoms in total. The quantitative estimate of drug-likeness (QED) is 0.682. The lowest BCUT2D eigenvalue weighted by atomic mass is 10.1. The summed E-state index contributed by atoms with van der Waals surface area (Å²) in [6.45, 7) is 2.67. The maximum atomic E-state index is 11.4. The van der Waals surface area contributed by atoms with Crippen molar-refractivity contribution in [3.63, 3.8) is 0 Å². The van der Waals surface area contributed by atoms with Gasteiger partial charge in [0.1, 0.15) is 0 Å². The van der Waals surface area contributed by atoms with E-state index in [0.717, 1.165) is 6.42 Å². The molecule has 0 spiro atoms. The first-order valence-electron chi connectivity index (χ1n) is 4.30. The van der Waals surface area contributed by atoms with Crippen molar-refractivity contribution in [3.8, 4) is 0 Å². The number of nitrogens with one attached hydrogen (secondary N) is 1. The number of carbonyl (C=O) groups is 1. The summed E-state index contributed by atoms with van der Waals surface area (Å²) in [7, 11) is 0. The molecule has 1 radical (unpaired) electrons. The van der Waals surface area contributed by atoms with E-state index in [-0.39, 0.29) is 5.91 Å². The number of nitrogen functional groups attached to an aromatic ring is 1. The smallest absolute Gasteiger partial charge is 0.254 e. The molecule has 0 unspecified atom stereocenters. The molecule has 0 bridgehead atoms. The highest BCUT2D eigenvalue weighted by atomic mass is 16.1. The van der Waals surface area contributed by atoms with Crippen LogP contribution in [0.3, 0.4) is 0 Å². The molecule has 69 valence electrons.